The quantitative estimate of drug-likeness (QED) is 0.551. The average Bonchev–Trinajstić information content (AvgIpc) is 2.60. The predicted octanol–water partition coefficient (Wildman–Crippen LogP) is 3.25. The Morgan fingerprint density at radius 1 is 1.04 bits per heavy atom. The van der Waals surface area contributed by atoms with Gasteiger partial charge in [0, 0.05) is 24.8 Å². The molecule has 0 aliphatic carbocycles. The summed E-state index contributed by atoms with van der Waals surface area (Å²) < 4.78 is 11.3. The van der Waals surface area contributed by atoms with Gasteiger partial charge in [0.2, 0.25) is 0 Å². The van der Waals surface area contributed by atoms with E-state index in [0.29, 0.717) is 12.2 Å². The summed E-state index contributed by atoms with van der Waals surface area (Å²) in [4.78, 5) is 12.9. The maximum Gasteiger partial charge on any atom is 0.423 e. The van der Waals surface area contributed by atoms with Gasteiger partial charge < -0.3 is 8.85 Å². The van der Waals surface area contributed by atoms with Gasteiger partial charge in [0.05, 0.1) is 0 Å². The third-order valence-corrected chi connectivity index (χ3v) is 5.47. The summed E-state index contributed by atoms with van der Waals surface area (Å²) in [7, 11) is 0.119. The van der Waals surface area contributed by atoms with Crippen LogP contribution in [0.3, 0.4) is 0 Å². The van der Waals surface area contributed by atoms with Crippen LogP contribution in [0.4, 0.5) is 0 Å². The van der Waals surface area contributed by atoms with Crippen molar-refractivity contribution in [3.63, 3.8) is 0 Å². The summed E-state index contributed by atoms with van der Waals surface area (Å²) in [6, 6.07) is 15.3. The van der Waals surface area contributed by atoms with Crippen molar-refractivity contribution in [1.82, 2.24) is 0 Å². The van der Waals surface area contributed by atoms with Gasteiger partial charge in [0.1, 0.15) is 0 Å². The molecule has 0 saturated heterocycles. The van der Waals surface area contributed by atoms with E-state index in [-0.39, 0.29) is 5.78 Å². The molecule has 3 nitrogen and oxygen atoms in total. The van der Waals surface area contributed by atoms with Crippen molar-refractivity contribution in [2.24, 2.45) is 0 Å². The molecule has 0 heterocycles. The van der Waals surface area contributed by atoms with E-state index in [1.165, 1.54) is 0 Å². The molecular weight excluding hydrogens is 304 g/mol. The SMILES string of the molecule is CCCc1c(C(=O)c2ccccc2)cccc1[Si](OC)OCC. The van der Waals surface area contributed by atoms with Gasteiger partial charge in [-0.1, -0.05) is 61.9 Å². The van der Waals surface area contributed by atoms with E-state index in [9.17, 15) is 4.79 Å². The first-order valence-corrected chi connectivity index (χ1v) is 9.30. The number of carbonyl (C=O) groups is 1. The molecule has 0 amide bonds. The molecular formula is C19H23O3Si. The van der Waals surface area contributed by atoms with Gasteiger partial charge in [-0.3, -0.25) is 4.79 Å². The minimum Gasteiger partial charge on any atom is -0.393 e. The molecule has 2 rings (SSSR count). The Morgan fingerprint density at radius 3 is 2.39 bits per heavy atom. The molecule has 4 heteroatoms. The maximum absolute atomic E-state index is 12.9. The van der Waals surface area contributed by atoms with Crippen LogP contribution >= 0.6 is 0 Å². The first-order chi connectivity index (χ1) is 11.2. The van der Waals surface area contributed by atoms with Crippen LogP contribution in [-0.4, -0.2) is 28.8 Å². The standard InChI is InChI=1S/C19H23O3Si/c1-4-10-16-17(19(20)15-11-7-6-8-12-15)13-9-14-18(16)23(21-3)22-5-2/h6-9,11-14H,4-5,10H2,1-3H3. The first kappa shape index (κ1) is 17.6. The second-order valence-corrected chi connectivity index (χ2v) is 7.01. The second kappa shape index (κ2) is 8.77. The third kappa shape index (κ3) is 4.16. The molecule has 2 aromatic carbocycles. The van der Waals surface area contributed by atoms with Gasteiger partial charge in [-0.05, 0) is 24.1 Å². The minimum atomic E-state index is -1.55. The number of ketones is 1. The molecule has 0 N–H and O–H groups in total. The highest BCUT2D eigenvalue weighted by Crippen LogP contribution is 2.16. The fraction of sp³-hybridized carbons (Fsp3) is 0.316. The zero-order valence-corrected chi connectivity index (χ0v) is 15.0. The molecule has 0 atom stereocenters. The van der Waals surface area contributed by atoms with Crippen LogP contribution in [0.1, 0.15) is 41.8 Å². The molecule has 0 unspecified atom stereocenters. The number of benzene rings is 2. The molecule has 121 valence electrons. The molecule has 1 radical (unpaired) electrons. The smallest absolute Gasteiger partial charge is 0.393 e. The normalized spacial score (nSPS) is 11.0. The largest absolute Gasteiger partial charge is 0.423 e. The van der Waals surface area contributed by atoms with E-state index in [4.69, 9.17) is 8.85 Å². The summed E-state index contributed by atoms with van der Waals surface area (Å²) in [6.45, 7) is 4.68. The van der Waals surface area contributed by atoms with Crippen LogP contribution in [0.2, 0.25) is 0 Å². The highest BCUT2D eigenvalue weighted by molar-refractivity contribution is 6.62. The molecule has 0 aromatic heterocycles. The molecule has 23 heavy (non-hydrogen) atoms. The Labute approximate surface area is 140 Å². The van der Waals surface area contributed by atoms with Gasteiger partial charge in [0.25, 0.3) is 0 Å². The van der Waals surface area contributed by atoms with Crippen LogP contribution in [0.5, 0.6) is 0 Å². The molecule has 0 aliphatic rings. The summed E-state index contributed by atoms with van der Waals surface area (Å²) in [5.74, 6) is 0.0600. The van der Waals surface area contributed by atoms with Gasteiger partial charge in [-0.15, -0.1) is 0 Å². The Balaban J connectivity index is 2.49. The monoisotopic (exact) mass is 327 g/mol. The van der Waals surface area contributed by atoms with Crippen LogP contribution in [0.15, 0.2) is 48.5 Å². The Morgan fingerprint density at radius 2 is 1.78 bits per heavy atom. The summed E-state index contributed by atoms with van der Waals surface area (Å²) in [5.41, 5.74) is 2.53. The van der Waals surface area contributed by atoms with E-state index in [1.807, 2.05) is 55.5 Å². The van der Waals surface area contributed by atoms with E-state index >= 15 is 0 Å². The van der Waals surface area contributed by atoms with Crippen LogP contribution in [0.25, 0.3) is 0 Å². The number of carbonyl (C=O) groups excluding carboxylic acids is 1. The number of rotatable bonds is 8. The lowest BCUT2D eigenvalue weighted by atomic mass is 9.96. The van der Waals surface area contributed by atoms with E-state index < -0.39 is 9.28 Å². The lowest BCUT2D eigenvalue weighted by Crippen LogP contribution is -2.39. The lowest BCUT2D eigenvalue weighted by Gasteiger charge is -2.18. The van der Waals surface area contributed by atoms with Gasteiger partial charge >= 0.3 is 9.28 Å². The van der Waals surface area contributed by atoms with Crippen molar-refractivity contribution in [2.45, 2.75) is 26.7 Å². The summed E-state index contributed by atoms with van der Waals surface area (Å²) in [6.07, 6.45) is 1.81. The topological polar surface area (TPSA) is 35.5 Å². The van der Waals surface area contributed by atoms with Crippen LogP contribution in [-0.2, 0) is 15.3 Å². The number of hydrogen-bond acceptors (Lipinski definition) is 3. The fourth-order valence-electron chi connectivity index (χ4n) is 2.63. The van der Waals surface area contributed by atoms with Crippen molar-refractivity contribution in [3.8, 4) is 0 Å². The van der Waals surface area contributed by atoms with E-state index in [0.717, 1.165) is 29.2 Å². The minimum absolute atomic E-state index is 0.0600. The fourth-order valence-corrected chi connectivity index (χ4v) is 4.13. The molecule has 0 spiro atoms. The first-order valence-electron chi connectivity index (χ1n) is 7.98. The van der Waals surface area contributed by atoms with Crippen molar-refractivity contribution in [1.29, 1.82) is 0 Å². The highest BCUT2D eigenvalue weighted by atomic mass is 28.3. The van der Waals surface area contributed by atoms with Gasteiger partial charge in [-0.2, -0.15) is 0 Å². The Hall–Kier alpha value is -1.75. The highest BCUT2D eigenvalue weighted by Gasteiger charge is 2.24. The zero-order valence-electron chi connectivity index (χ0n) is 14.0. The molecule has 0 bridgehead atoms. The third-order valence-electron chi connectivity index (χ3n) is 3.64. The van der Waals surface area contributed by atoms with Crippen molar-refractivity contribution in [3.05, 3.63) is 65.2 Å². The van der Waals surface area contributed by atoms with E-state index in [1.54, 1.807) is 7.11 Å². The molecule has 0 aliphatic heterocycles. The maximum atomic E-state index is 12.9. The van der Waals surface area contributed by atoms with Gasteiger partial charge in [0.15, 0.2) is 5.78 Å². The Bertz CT molecular complexity index is 640. The predicted molar refractivity (Wildman–Crippen MR) is 94.3 cm³/mol. The second-order valence-electron chi connectivity index (χ2n) is 5.20. The zero-order chi connectivity index (χ0) is 16.7. The summed E-state index contributed by atoms with van der Waals surface area (Å²) >= 11 is 0. The van der Waals surface area contributed by atoms with Crippen molar-refractivity contribution >= 4 is 20.3 Å². The van der Waals surface area contributed by atoms with Crippen molar-refractivity contribution in [2.75, 3.05) is 13.7 Å². The molecule has 2 aromatic rings. The molecule has 0 saturated carbocycles. The summed E-state index contributed by atoms with van der Waals surface area (Å²) in [5, 5.41) is 1.04. The van der Waals surface area contributed by atoms with E-state index in [2.05, 4.69) is 6.92 Å². The molecule has 0 fully saturated rings. The van der Waals surface area contributed by atoms with Gasteiger partial charge in [-0.25, -0.2) is 0 Å². The average molecular weight is 327 g/mol. The lowest BCUT2D eigenvalue weighted by molar-refractivity contribution is 0.103. The van der Waals surface area contributed by atoms with Crippen LogP contribution in [0, 0.1) is 0 Å². The number of hydrogen-bond donors (Lipinski definition) is 0. The van der Waals surface area contributed by atoms with Crippen molar-refractivity contribution < 1.29 is 13.6 Å². The Kier molecular flexibility index (Phi) is 6.71. The van der Waals surface area contributed by atoms with Crippen LogP contribution < -0.4 is 5.19 Å².